The first kappa shape index (κ1) is 22.3. The van der Waals surface area contributed by atoms with Gasteiger partial charge < -0.3 is 15.2 Å². The van der Waals surface area contributed by atoms with Crippen LogP contribution < -0.4 is 10.2 Å². The first-order valence-electron chi connectivity index (χ1n) is 12.2. The Kier molecular flexibility index (Phi) is 6.35. The first-order valence-corrected chi connectivity index (χ1v) is 12.6. The van der Waals surface area contributed by atoms with Crippen molar-refractivity contribution in [3.63, 3.8) is 0 Å². The van der Waals surface area contributed by atoms with Gasteiger partial charge in [-0.05, 0) is 74.1 Å². The standard InChI is InChI=1S/C27H33ClN4O/c1-3-6-26(32-15-13-31(14-16-32)25-10-5-8-22(28)18(25)2)30-27(33)19-11-12-24-21(17-19)20-7-4-9-23(20)29-24/h5,8,10-12,17,26,29H,3-4,6-7,9,13-16H2,1-2H3,(H,30,33). The molecule has 1 atom stereocenters. The summed E-state index contributed by atoms with van der Waals surface area (Å²) in [6.45, 7) is 7.96. The van der Waals surface area contributed by atoms with Crippen LogP contribution in [0, 0.1) is 6.92 Å². The van der Waals surface area contributed by atoms with Crippen molar-refractivity contribution in [3.05, 3.63) is 63.8 Å². The maximum Gasteiger partial charge on any atom is 0.252 e. The number of amides is 1. The van der Waals surface area contributed by atoms with Gasteiger partial charge in [-0.15, -0.1) is 0 Å². The number of hydrogen-bond donors (Lipinski definition) is 2. The number of halogens is 1. The van der Waals surface area contributed by atoms with Gasteiger partial charge >= 0.3 is 0 Å². The van der Waals surface area contributed by atoms with Gasteiger partial charge in [-0.3, -0.25) is 9.69 Å². The first-order chi connectivity index (χ1) is 16.0. The van der Waals surface area contributed by atoms with E-state index < -0.39 is 0 Å². The highest BCUT2D eigenvalue weighted by Gasteiger charge is 2.26. The lowest BCUT2D eigenvalue weighted by Crippen LogP contribution is -2.56. The minimum Gasteiger partial charge on any atom is -0.369 e. The molecular formula is C27H33ClN4O. The number of aryl methyl sites for hydroxylation is 2. The summed E-state index contributed by atoms with van der Waals surface area (Å²) in [6, 6.07) is 12.2. The number of aromatic amines is 1. The summed E-state index contributed by atoms with van der Waals surface area (Å²) in [5, 5.41) is 5.37. The summed E-state index contributed by atoms with van der Waals surface area (Å²) in [5.41, 5.74) is 7.00. The van der Waals surface area contributed by atoms with E-state index in [0.29, 0.717) is 0 Å². The average Bonchev–Trinajstić information content (AvgIpc) is 3.42. The van der Waals surface area contributed by atoms with Crippen LogP contribution in [0.2, 0.25) is 5.02 Å². The van der Waals surface area contributed by atoms with Gasteiger partial charge in [0.25, 0.3) is 5.91 Å². The fraction of sp³-hybridized carbons (Fsp3) is 0.444. The molecule has 5 rings (SSSR count). The number of carbonyl (C=O) groups excluding carboxylic acids is 1. The Hall–Kier alpha value is -2.50. The second-order valence-corrected chi connectivity index (χ2v) is 9.79. The molecular weight excluding hydrogens is 432 g/mol. The van der Waals surface area contributed by atoms with Crippen LogP contribution in [0.4, 0.5) is 5.69 Å². The highest BCUT2D eigenvalue weighted by molar-refractivity contribution is 6.31. The molecule has 1 fully saturated rings. The summed E-state index contributed by atoms with van der Waals surface area (Å²) in [6.07, 6.45) is 5.46. The molecule has 2 aromatic carbocycles. The normalized spacial score (nSPS) is 17.4. The minimum atomic E-state index is 0.0245. The predicted octanol–water partition coefficient (Wildman–Crippen LogP) is 5.30. The van der Waals surface area contributed by atoms with Crippen LogP contribution in [0.25, 0.3) is 10.9 Å². The number of benzene rings is 2. The van der Waals surface area contributed by atoms with Gasteiger partial charge in [-0.25, -0.2) is 0 Å². The largest absolute Gasteiger partial charge is 0.369 e. The lowest BCUT2D eigenvalue weighted by molar-refractivity contribution is 0.0824. The van der Waals surface area contributed by atoms with Crippen molar-refractivity contribution in [1.82, 2.24) is 15.2 Å². The van der Waals surface area contributed by atoms with Crippen molar-refractivity contribution in [2.75, 3.05) is 31.1 Å². The third kappa shape index (κ3) is 4.36. The minimum absolute atomic E-state index is 0.0245. The van der Waals surface area contributed by atoms with Crippen molar-refractivity contribution in [1.29, 1.82) is 0 Å². The second kappa shape index (κ2) is 9.40. The molecule has 2 heterocycles. The van der Waals surface area contributed by atoms with Crippen molar-refractivity contribution in [3.8, 4) is 0 Å². The van der Waals surface area contributed by atoms with Crippen molar-refractivity contribution >= 4 is 34.1 Å². The number of piperazine rings is 1. The molecule has 1 saturated heterocycles. The molecule has 0 saturated carbocycles. The molecule has 0 radical (unpaired) electrons. The predicted molar refractivity (Wildman–Crippen MR) is 136 cm³/mol. The average molecular weight is 465 g/mol. The molecule has 1 amide bonds. The fourth-order valence-corrected chi connectivity index (χ4v) is 5.62. The molecule has 3 aromatic rings. The Morgan fingerprint density at radius 2 is 1.97 bits per heavy atom. The van der Waals surface area contributed by atoms with E-state index in [9.17, 15) is 4.79 Å². The molecule has 0 spiro atoms. The Balaban J connectivity index is 1.27. The van der Waals surface area contributed by atoms with Gasteiger partial charge in [0, 0.05) is 59.0 Å². The lowest BCUT2D eigenvalue weighted by atomic mass is 10.1. The summed E-state index contributed by atoms with van der Waals surface area (Å²) in [4.78, 5) is 21.6. The van der Waals surface area contributed by atoms with E-state index in [2.05, 4.69) is 52.1 Å². The molecule has 2 N–H and O–H groups in total. The smallest absolute Gasteiger partial charge is 0.252 e. The molecule has 1 aromatic heterocycles. The summed E-state index contributed by atoms with van der Waals surface area (Å²) >= 11 is 6.34. The number of nitrogens with zero attached hydrogens (tertiary/aromatic N) is 2. The Morgan fingerprint density at radius 3 is 2.76 bits per heavy atom. The van der Waals surface area contributed by atoms with Gasteiger partial charge in [0.15, 0.2) is 0 Å². The van der Waals surface area contributed by atoms with Crippen molar-refractivity contribution in [2.24, 2.45) is 0 Å². The van der Waals surface area contributed by atoms with E-state index in [0.717, 1.165) is 73.5 Å². The lowest BCUT2D eigenvalue weighted by Gasteiger charge is -2.41. The van der Waals surface area contributed by atoms with E-state index in [1.807, 2.05) is 18.2 Å². The van der Waals surface area contributed by atoms with Gasteiger partial charge in [-0.1, -0.05) is 31.0 Å². The maximum atomic E-state index is 13.2. The molecule has 1 aliphatic carbocycles. The summed E-state index contributed by atoms with van der Waals surface area (Å²) in [5.74, 6) is 0.0245. The highest BCUT2D eigenvalue weighted by atomic mass is 35.5. The van der Waals surface area contributed by atoms with Crippen LogP contribution in [0.5, 0.6) is 0 Å². The summed E-state index contributed by atoms with van der Waals surface area (Å²) in [7, 11) is 0. The van der Waals surface area contributed by atoms with Gasteiger partial charge in [0.1, 0.15) is 0 Å². The van der Waals surface area contributed by atoms with Crippen molar-refractivity contribution in [2.45, 2.75) is 52.1 Å². The van der Waals surface area contributed by atoms with Crippen molar-refractivity contribution < 1.29 is 4.79 Å². The number of aromatic nitrogens is 1. The highest BCUT2D eigenvalue weighted by Crippen LogP contribution is 2.31. The molecule has 0 bridgehead atoms. The monoisotopic (exact) mass is 464 g/mol. The second-order valence-electron chi connectivity index (χ2n) is 9.38. The van der Waals surface area contributed by atoms with E-state index >= 15 is 0 Å². The fourth-order valence-electron chi connectivity index (χ4n) is 5.45. The van der Waals surface area contributed by atoms with E-state index in [-0.39, 0.29) is 12.1 Å². The van der Waals surface area contributed by atoms with Gasteiger partial charge in [-0.2, -0.15) is 0 Å². The Morgan fingerprint density at radius 1 is 1.15 bits per heavy atom. The molecule has 1 unspecified atom stereocenters. The number of rotatable bonds is 6. The summed E-state index contributed by atoms with van der Waals surface area (Å²) < 4.78 is 0. The molecule has 1 aliphatic heterocycles. The molecule has 33 heavy (non-hydrogen) atoms. The Bertz CT molecular complexity index is 1160. The zero-order chi connectivity index (χ0) is 22.9. The number of carbonyl (C=O) groups is 1. The number of H-pyrrole nitrogens is 1. The van der Waals surface area contributed by atoms with E-state index in [1.54, 1.807) is 0 Å². The SMILES string of the molecule is CCCC(NC(=O)c1ccc2[nH]c3c(c2c1)CCC3)N1CCN(c2cccc(Cl)c2C)CC1. The van der Waals surface area contributed by atoms with Crippen LogP contribution in [0.3, 0.4) is 0 Å². The van der Waals surface area contributed by atoms with Crippen LogP contribution in [0.1, 0.15) is 53.4 Å². The van der Waals surface area contributed by atoms with Crippen LogP contribution in [-0.4, -0.2) is 48.1 Å². The maximum absolute atomic E-state index is 13.2. The molecule has 6 heteroatoms. The molecule has 174 valence electrons. The number of nitrogens with one attached hydrogen (secondary N) is 2. The third-order valence-corrected chi connectivity index (χ3v) is 7.71. The van der Waals surface area contributed by atoms with Crippen LogP contribution in [0.15, 0.2) is 36.4 Å². The van der Waals surface area contributed by atoms with Crippen LogP contribution in [-0.2, 0) is 12.8 Å². The van der Waals surface area contributed by atoms with E-state index in [4.69, 9.17) is 11.6 Å². The number of fused-ring (bicyclic) bond motifs is 3. The molecule has 5 nitrogen and oxygen atoms in total. The van der Waals surface area contributed by atoms with Crippen LogP contribution >= 0.6 is 11.6 Å². The topological polar surface area (TPSA) is 51.4 Å². The van der Waals surface area contributed by atoms with E-state index in [1.165, 1.54) is 28.8 Å². The quantitative estimate of drug-likeness (QED) is 0.520. The zero-order valence-corrected chi connectivity index (χ0v) is 20.3. The zero-order valence-electron chi connectivity index (χ0n) is 19.6. The molecule has 2 aliphatic rings. The van der Waals surface area contributed by atoms with Gasteiger partial charge in [0.2, 0.25) is 0 Å². The number of anilines is 1. The Labute approximate surface area is 201 Å². The van der Waals surface area contributed by atoms with Gasteiger partial charge in [0.05, 0.1) is 6.17 Å². The number of hydrogen-bond acceptors (Lipinski definition) is 3. The third-order valence-electron chi connectivity index (χ3n) is 7.30.